The van der Waals surface area contributed by atoms with Gasteiger partial charge in [0.05, 0.1) is 67.4 Å². The maximum atomic E-state index is 10.8. The molecule has 0 fully saturated rings. The molecule has 11 aromatic rings. The molecular formula is C50H29N5. The predicted octanol–water partition coefficient (Wildman–Crippen LogP) is 12.4. The summed E-state index contributed by atoms with van der Waals surface area (Å²) < 4.78 is 6.95. The van der Waals surface area contributed by atoms with Crippen molar-refractivity contribution >= 4 is 65.4 Å². The number of benzene rings is 8. The van der Waals surface area contributed by atoms with Gasteiger partial charge in [0, 0.05) is 37.9 Å². The van der Waals surface area contributed by atoms with Crippen LogP contribution >= 0.6 is 0 Å². The standard InChI is InChI=1S/C50H29N5/c51-30-32-24-26-48-41(28-32)39-16-5-9-21-46(39)53(48)42-27-25-33(29-34(42)31-52)35-12-1-6-18-43(35)55-47-22-10-4-15-38(47)40-17-11-23-49(50(40)55)54-44-19-7-2-13-36(44)37-14-3-8-20-45(37)54/h1-29H. The zero-order chi connectivity index (χ0) is 36.6. The number of hydrogen-bond acceptors (Lipinski definition) is 2. The maximum Gasteiger partial charge on any atom is 0.101 e. The first-order valence-electron chi connectivity index (χ1n) is 18.3. The molecule has 254 valence electrons. The number of fused-ring (bicyclic) bond motifs is 9. The van der Waals surface area contributed by atoms with E-state index in [1.165, 1.54) is 21.5 Å². The first kappa shape index (κ1) is 30.7. The van der Waals surface area contributed by atoms with Gasteiger partial charge in [-0.25, -0.2) is 0 Å². The van der Waals surface area contributed by atoms with Gasteiger partial charge in [0.2, 0.25) is 0 Å². The van der Waals surface area contributed by atoms with Gasteiger partial charge in [-0.2, -0.15) is 10.5 Å². The summed E-state index contributed by atoms with van der Waals surface area (Å²) in [5.41, 5.74) is 12.5. The van der Waals surface area contributed by atoms with Crippen molar-refractivity contribution in [3.8, 4) is 40.3 Å². The van der Waals surface area contributed by atoms with Gasteiger partial charge in [-0.1, -0.05) is 109 Å². The second-order valence-electron chi connectivity index (χ2n) is 14.0. The highest BCUT2D eigenvalue weighted by atomic mass is 15.1. The Balaban J connectivity index is 1.17. The van der Waals surface area contributed by atoms with Crippen molar-refractivity contribution in [2.45, 2.75) is 0 Å². The van der Waals surface area contributed by atoms with Gasteiger partial charge in [-0.15, -0.1) is 0 Å². The minimum atomic E-state index is 0.563. The normalized spacial score (nSPS) is 11.6. The Bertz CT molecular complexity index is 3420. The van der Waals surface area contributed by atoms with E-state index in [-0.39, 0.29) is 0 Å². The second kappa shape index (κ2) is 11.8. The Morgan fingerprint density at radius 1 is 0.345 bits per heavy atom. The minimum absolute atomic E-state index is 0.563. The molecule has 0 N–H and O–H groups in total. The summed E-state index contributed by atoms with van der Waals surface area (Å²) in [4.78, 5) is 0. The van der Waals surface area contributed by atoms with Crippen molar-refractivity contribution in [2.24, 2.45) is 0 Å². The van der Waals surface area contributed by atoms with Crippen molar-refractivity contribution in [1.82, 2.24) is 13.7 Å². The van der Waals surface area contributed by atoms with Crippen molar-refractivity contribution in [3.05, 3.63) is 187 Å². The van der Waals surface area contributed by atoms with Crippen LogP contribution in [-0.2, 0) is 0 Å². The minimum Gasteiger partial charge on any atom is -0.308 e. The topological polar surface area (TPSA) is 62.4 Å². The molecule has 3 aromatic heterocycles. The zero-order valence-electron chi connectivity index (χ0n) is 29.5. The van der Waals surface area contributed by atoms with Gasteiger partial charge >= 0.3 is 0 Å². The van der Waals surface area contributed by atoms with Crippen LogP contribution in [0.5, 0.6) is 0 Å². The first-order chi connectivity index (χ1) is 27.2. The van der Waals surface area contributed by atoms with Crippen LogP contribution in [0.25, 0.3) is 93.6 Å². The Morgan fingerprint density at radius 2 is 0.855 bits per heavy atom. The van der Waals surface area contributed by atoms with Gasteiger partial charge in [0.1, 0.15) is 6.07 Å². The highest BCUT2D eigenvalue weighted by Crippen LogP contribution is 2.42. The molecule has 5 nitrogen and oxygen atoms in total. The molecule has 0 radical (unpaired) electrons. The monoisotopic (exact) mass is 699 g/mol. The fourth-order valence-electron chi connectivity index (χ4n) is 8.82. The number of nitrogens with zero attached hydrogens (tertiary/aromatic N) is 5. The highest BCUT2D eigenvalue weighted by Gasteiger charge is 2.22. The quantitative estimate of drug-likeness (QED) is 0.184. The van der Waals surface area contributed by atoms with Crippen molar-refractivity contribution < 1.29 is 0 Å². The van der Waals surface area contributed by atoms with Crippen molar-refractivity contribution in [3.63, 3.8) is 0 Å². The van der Waals surface area contributed by atoms with E-state index in [2.05, 4.69) is 165 Å². The van der Waals surface area contributed by atoms with Crippen LogP contribution in [0, 0.1) is 22.7 Å². The van der Waals surface area contributed by atoms with E-state index < -0.39 is 0 Å². The zero-order valence-corrected chi connectivity index (χ0v) is 29.5. The summed E-state index contributed by atoms with van der Waals surface area (Å²) in [5, 5.41) is 27.2. The third-order valence-electron chi connectivity index (χ3n) is 11.1. The molecule has 0 aliphatic carbocycles. The molecule has 0 atom stereocenters. The number of para-hydroxylation sites is 6. The fourth-order valence-corrected chi connectivity index (χ4v) is 8.82. The van der Waals surface area contributed by atoms with E-state index in [0.29, 0.717) is 11.1 Å². The lowest BCUT2D eigenvalue weighted by Crippen LogP contribution is -2.02. The Morgan fingerprint density at radius 3 is 1.51 bits per heavy atom. The van der Waals surface area contributed by atoms with Crippen LogP contribution in [0.15, 0.2) is 176 Å². The average Bonchev–Trinajstić information content (AvgIpc) is 3.89. The maximum absolute atomic E-state index is 10.8. The summed E-state index contributed by atoms with van der Waals surface area (Å²) in [5.74, 6) is 0. The summed E-state index contributed by atoms with van der Waals surface area (Å²) in [6.07, 6.45) is 0. The van der Waals surface area contributed by atoms with Gasteiger partial charge < -0.3 is 13.7 Å². The molecule has 11 rings (SSSR count). The molecule has 55 heavy (non-hydrogen) atoms. The summed E-state index contributed by atoms with van der Waals surface area (Å²) in [7, 11) is 0. The van der Waals surface area contributed by atoms with E-state index >= 15 is 0 Å². The van der Waals surface area contributed by atoms with E-state index in [1.54, 1.807) is 0 Å². The molecule has 0 spiro atoms. The van der Waals surface area contributed by atoms with Crippen LogP contribution in [0.4, 0.5) is 0 Å². The first-order valence-corrected chi connectivity index (χ1v) is 18.3. The lowest BCUT2D eigenvalue weighted by molar-refractivity contribution is 1.13. The van der Waals surface area contributed by atoms with Gasteiger partial charge in [-0.05, 0) is 72.3 Å². The molecule has 0 saturated carbocycles. The summed E-state index contributed by atoms with van der Waals surface area (Å²) in [6, 6.07) is 66.0. The average molecular weight is 700 g/mol. The Hall–Kier alpha value is -7.86. The van der Waals surface area contributed by atoms with Crippen LogP contribution in [0.2, 0.25) is 0 Å². The van der Waals surface area contributed by atoms with E-state index in [4.69, 9.17) is 0 Å². The van der Waals surface area contributed by atoms with Crippen molar-refractivity contribution in [2.75, 3.05) is 0 Å². The van der Waals surface area contributed by atoms with Gasteiger partial charge in [0.15, 0.2) is 0 Å². The lowest BCUT2D eigenvalue weighted by Gasteiger charge is -2.18. The van der Waals surface area contributed by atoms with Crippen molar-refractivity contribution in [1.29, 1.82) is 10.5 Å². The third-order valence-corrected chi connectivity index (χ3v) is 11.1. The number of hydrogen-bond donors (Lipinski definition) is 0. The molecule has 0 aliphatic rings. The van der Waals surface area contributed by atoms with E-state index in [1.807, 2.05) is 36.4 Å². The summed E-state index contributed by atoms with van der Waals surface area (Å²) in [6.45, 7) is 0. The second-order valence-corrected chi connectivity index (χ2v) is 14.0. The van der Waals surface area contributed by atoms with Crippen LogP contribution in [-0.4, -0.2) is 13.7 Å². The molecule has 0 aliphatic heterocycles. The third kappa shape index (κ3) is 4.39. The van der Waals surface area contributed by atoms with E-state index in [9.17, 15) is 10.5 Å². The molecule has 5 heteroatoms. The molecule has 8 aromatic carbocycles. The lowest BCUT2D eigenvalue weighted by atomic mass is 10.00. The molecule has 0 saturated heterocycles. The molecule has 3 heterocycles. The predicted molar refractivity (Wildman–Crippen MR) is 224 cm³/mol. The fraction of sp³-hybridized carbons (Fsp3) is 0. The van der Waals surface area contributed by atoms with Crippen LogP contribution in [0.1, 0.15) is 11.1 Å². The number of aromatic nitrogens is 3. The van der Waals surface area contributed by atoms with E-state index in [0.717, 1.165) is 72.1 Å². The van der Waals surface area contributed by atoms with Gasteiger partial charge in [0.25, 0.3) is 0 Å². The number of nitriles is 2. The van der Waals surface area contributed by atoms with Gasteiger partial charge in [-0.3, -0.25) is 0 Å². The molecule has 0 bridgehead atoms. The smallest absolute Gasteiger partial charge is 0.101 e. The molecule has 0 unspecified atom stereocenters. The molecular weight excluding hydrogens is 671 g/mol. The SMILES string of the molecule is N#Cc1ccc2c(c1)c1ccccc1n2-c1ccc(-c2ccccc2-n2c3ccccc3c3cccc(-n4c5ccccc5c5ccccc54)c32)cc1C#N. The largest absolute Gasteiger partial charge is 0.308 e. The summed E-state index contributed by atoms with van der Waals surface area (Å²) >= 11 is 0. The Kier molecular flexibility index (Phi) is 6.61. The molecule has 0 amide bonds. The van der Waals surface area contributed by atoms with Crippen LogP contribution in [0.3, 0.4) is 0 Å². The highest BCUT2D eigenvalue weighted by molar-refractivity contribution is 6.15. The van der Waals surface area contributed by atoms with Crippen LogP contribution < -0.4 is 0 Å². The number of rotatable bonds is 4. The Labute approximate surface area is 316 Å².